The summed E-state index contributed by atoms with van der Waals surface area (Å²) < 4.78 is 4.99. The Kier molecular flexibility index (Phi) is 3.38. The van der Waals surface area contributed by atoms with Crippen molar-refractivity contribution in [2.24, 2.45) is 0 Å². The van der Waals surface area contributed by atoms with Crippen molar-refractivity contribution in [1.82, 2.24) is 0 Å². The van der Waals surface area contributed by atoms with Gasteiger partial charge in [0, 0.05) is 5.56 Å². The lowest BCUT2D eigenvalue weighted by atomic mass is 10.2. The molecule has 1 rings (SSSR count). The Morgan fingerprint density at radius 3 is 2.83 bits per heavy atom. The fraction of sp³-hybridized carbons (Fsp3) is 0.286. The summed E-state index contributed by atoms with van der Waals surface area (Å²) in [5.74, 6) is -0.489. The average molecular weight is 225 g/mol. The summed E-state index contributed by atoms with van der Waals surface area (Å²) in [7, 11) is 1.29. The summed E-state index contributed by atoms with van der Waals surface area (Å²) in [6.07, 6.45) is 0. The maximum atomic E-state index is 11.0. The molecule has 1 unspecified atom stereocenters. The highest BCUT2D eigenvalue weighted by molar-refractivity contribution is 7.14. The monoisotopic (exact) mass is 224 g/mol. The molecule has 12 heavy (non-hydrogen) atoms. The number of rotatable bonds is 2. The van der Waals surface area contributed by atoms with Gasteiger partial charge in [0.15, 0.2) is 5.38 Å². The molecule has 0 aliphatic carbocycles. The van der Waals surface area contributed by atoms with Crippen molar-refractivity contribution in [3.8, 4) is 0 Å². The van der Waals surface area contributed by atoms with Crippen LogP contribution in [-0.4, -0.2) is 13.1 Å². The van der Waals surface area contributed by atoms with E-state index in [0.29, 0.717) is 9.90 Å². The van der Waals surface area contributed by atoms with E-state index in [1.165, 1.54) is 18.4 Å². The molecular formula is C7H6Cl2O2S. The second-order valence-electron chi connectivity index (χ2n) is 2.04. The predicted molar refractivity (Wildman–Crippen MR) is 49.9 cm³/mol. The van der Waals surface area contributed by atoms with Crippen LogP contribution in [0.4, 0.5) is 0 Å². The van der Waals surface area contributed by atoms with Crippen LogP contribution in [0.25, 0.3) is 0 Å². The Bertz CT molecular complexity index is 285. The summed E-state index contributed by atoms with van der Waals surface area (Å²) >= 11 is 12.8. The van der Waals surface area contributed by atoms with Crippen LogP contribution in [0.15, 0.2) is 11.4 Å². The second kappa shape index (κ2) is 4.12. The Labute approximate surface area is 84.0 Å². The standard InChI is InChI=1S/C7H6Cl2O2S/c1-11-7(10)5(8)4-2-3-12-6(4)9/h2-3,5H,1H3. The van der Waals surface area contributed by atoms with Gasteiger partial charge in [-0.05, 0) is 11.4 Å². The van der Waals surface area contributed by atoms with Crippen LogP contribution in [0.1, 0.15) is 10.9 Å². The van der Waals surface area contributed by atoms with E-state index in [2.05, 4.69) is 4.74 Å². The molecule has 66 valence electrons. The maximum Gasteiger partial charge on any atom is 0.328 e. The Morgan fingerprint density at radius 1 is 1.75 bits per heavy atom. The summed E-state index contributed by atoms with van der Waals surface area (Å²) in [6.45, 7) is 0. The largest absolute Gasteiger partial charge is 0.468 e. The third-order valence-electron chi connectivity index (χ3n) is 1.33. The summed E-state index contributed by atoms with van der Waals surface area (Å²) in [6, 6.07) is 1.71. The molecule has 0 saturated heterocycles. The van der Waals surface area contributed by atoms with Crippen LogP contribution in [0.3, 0.4) is 0 Å². The van der Waals surface area contributed by atoms with Crippen LogP contribution in [0.2, 0.25) is 4.34 Å². The predicted octanol–water partition coefficient (Wildman–Crippen LogP) is 2.85. The fourth-order valence-corrected chi connectivity index (χ4v) is 2.09. The maximum absolute atomic E-state index is 11.0. The van der Waals surface area contributed by atoms with Crippen molar-refractivity contribution >= 4 is 40.5 Å². The molecule has 1 aromatic rings. The van der Waals surface area contributed by atoms with Gasteiger partial charge in [0.05, 0.1) is 11.4 Å². The van der Waals surface area contributed by atoms with Crippen molar-refractivity contribution in [2.75, 3.05) is 7.11 Å². The third-order valence-corrected chi connectivity index (χ3v) is 2.94. The number of esters is 1. The number of carbonyl (C=O) groups excluding carboxylic acids is 1. The van der Waals surface area contributed by atoms with Crippen molar-refractivity contribution in [3.05, 3.63) is 21.3 Å². The Morgan fingerprint density at radius 2 is 2.42 bits per heavy atom. The van der Waals surface area contributed by atoms with Gasteiger partial charge in [0.2, 0.25) is 0 Å². The number of ether oxygens (including phenoxy) is 1. The van der Waals surface area contributed by atoms with Gasteiger partial charge in [0.1, 0.15) is 0 Å². The van der Waals surface area contributed by atoms with Gasteiger partial charge in [-0.2, -0.15) is 0 Å². The first-order valence-corrected chi connectivity index (χ1v) is 4.81. The molecule has 1 atom stereocenters. The first-order valence-electron chi connectivity index (χ1n) is 3.11. The van der Waals surface area contributed by atoms with E-state index in [4.69, 9.17) is 23.2 Å². The first-order chi connectivity index (χ1) is 5.66. The summed E-state index contributed by atoms with van der Waals surface area (Å²) in [5, 5.41) is 0.976. The summed E-state index contributed by atoms with van der Waals surface area (Å²) in [5.41, 5.74) is 0.607. The van der Waals surface area contributed by atoms with Crippen molar-refractivity contribution in [3.63, 3.8) is 0 Å². The van der Waals surface area contributed by atoms with Crippen LogP contribution < -0.4 is 0 Å². The van der Waals surface area contributed by atoms with E-state index in [-0.39, 0.29) is 0 Å². The van der Waals surface area contributed by atoms with Crippen LogP contribution in [0.5, 0.6) is 0 Å². The molecular weight excluding hydrogens is 219 g/mol. The molecule has 0 bridgehead atoms. The summed E-state index contributed by atoms with van der Waals surface area (Å²) in [4.78, 5) is 11.0. The minimum absolute atomic E-state index is 0.489. The van der Waals surface area contributed by atoms with Gasteiger partial charge in [-0.15, -0.1) is 22.9 Å². The molecule has 2 nitrogen and oxygen atoms in total. The van der Waals surface area contributed by atoms with Crippen molar-refractivity contribution < 1.29 is 9.53 Å². The van der Waals surface area contributed by atoms with Gasteiger partial charge in [-0.1, -0.05) is 11.6 Å². The van der Waals surface area contributed by atoms with Gasteiger partial charge in [0.25, 0.3) is 0 Å². The van der Waals surface area contributed by atoms with Crippen LogP contribution in [0, 0.1) is 0 Å². The van der Waals surface area contributed by atoms with Gasteiger partial charge < -0.3 is 4.74 Å². The number of halogens is 2. The smallest absolute Gasteiger partial charge is 0.328 e. The van der Waals surface area contributed by atoms with E-state index < -0.39 is 11.3 Å². The molecule has 0 saturated carbocycles. The van der Waals surface area contributed by atoms with Gasteiger partial charge >= 0.3 is 5.97 Å². The molecule has 1 aromatic heterocycles. The lowest BCUT2D eigenvalue weighted by Gasteiger charge is -2.04. The number of alkyl halides is 1. The van der Waals surface area contributed by atoms with Crippen LogP contribution >= 0.6 is 34.5 Å². The van der Waals surface area contributed by atoms with Crippen LogP contribution in [-0.2, 0) is 9.53 Å². The molecule has 0 aromatic carbocycles. The molecule has 0 radical (unpaired) electrons. The minimum Gasteiger partial charge on any atom is -0.468 e. The van der Waals surface area contributed by atoms with E-state index in [1.54, 1.807) is 11.4 Å². The number of hydrogen-bond acceptors (Lipinski definition) is 3. The number of thiophene rings is 1. The van der Waals surface area contributed by atoms with E-state index in [9.17, 15) is 4.79 Å². The highest BCUT2D eigenvalue weighted by Crippen LogP contribution is 2.32. The van der Waals surface area contributed by atoms with E-state index in [1.807, 2.05) is 0 Å². The Balaban J connectivity index is 2.84. The molecule has 0 aliphatic rings. The van der Waals surface area contributed by atoms with Crippen molar-refractivity contribution in [2.45, 2.75) is 5.38 Å². The zero-order chi connectivity index (χ0) is 9.14. The lowest BCUT2D eigenvalue weighted by molar-refractivity contribution is -0.140. The van der Waals surface area contributed by atoms with Gasteiger partial charge in [-0.25, -0.2) is 0 Å². The molecule has 5 heteroatoms. The first kappa shape index (κ1) is 9.84. The lowest BCUT2D eigenvalue weighted by Crippen LogP contribution is -2.07. The second-order valence-corrected chi connectivity index (χ2v) is 3.99. The number of carbonyl (C=O) groups is 1. The van der Waals surface area contributed by atoms with E-state index >= 15 is 0 Å². The number of hydrogen-bond donors (Lipinski definition) is 0. The number of methoxy groups -OCH3 is 1. The molecule has 0 fully saturated rings. The quantitative estimate of drug-likeness (QED) is 0.571. The van der Waals surface area contributed by atoms with Gasteiger partial charge in [-0.3, -0.25) is 4.79 Å². The average Bonchev–Trinajstić information content (AvgIpc) is 2.48. The Hall–Kier alpha value is -0.250. The molecule has 1 heterocycles. The van der Waals surface area contributed by atoms with E-state index in [0.717, 1.165) is 0 Å². The normalized spacial score (nSPS) is 12.6. The zero-order valence-corrected chi connectivity index (χ0v) is 8.54. The molecule has 0 spiro atoms. The fourth-order valence-electron chi connectivity index (χ4n) is 0.715. The SMILES string of the molecule is COC(=O)C(Cl)c1ccsc1Cl. The molecule has 0 aliphatic heterocycles. The third kappa shape index (κ3) is 1.91. The highest BCUT2D eigenvalue weighted by Gasteiger charge is 2.21. The molecule has 0 amide bonds. The highest BCUT2D eigenvalue weighted by atomic mass is 35.5. The minimum atomic E-state index is -0.797. The topological polar surface area (TPSA) is 26.3 Å². The van der Waals surface area contributed by atoms with Crippen molar-refractivity contribution in [1.29, 1.82) is 0 Å². The zero-order valence-electron chi connectivity index (χ0n) is 6.21. The molecule has 0 N–H and O–H groups in total.